The molecular formula is C26H22N4O2S. The molecule has 2 aliphatic heterocycles. The predicted molar refractivity (Wildman–Crippen MR) is 130 cm³/mol. The second-order valence-electron chi connectivity index (χ2n) is 7.90. The molecule has 2 aliphatic rings. The quantitative estimate of drug-likeness (QED) is 0.407. The van der Waals surface area contributed by atoms with E-state index < -0.39 is 0 Å². The second kappa shape index (κ2) is 8.01. The van der Waals surface area contributed by atoms with Crippen molar-refractivity contribution in [1.82, 2.24) is 14.8 Å². The van der Waals surface area contributed by atoms with Gasteiger partial charge in [0.2, 0.25) is 11.1 Å². The van der Waals surface area contributed by atoms with Crippen LogP contribution in [0.5, 0.6) is 11.5 Å². The molecule has 6 rings (SSSR count). The van der Waals surface area contributed by atoms with Crippen LogP contribution in [-0.2, 0) is 0 Å². The smallest absolute Gasteiger partial charge is 0.227 e. The van der Waals surface area contributed by atoms with Gasteiger partial charge in [-0.15, -0.1) is 5.10 Å². The van der Waals surface area contributed by atoms with Gasteiger partial charge < -0.3 is 14.8 Å². The lowest BCUT2D eigenvalue weighted by Gasteiger charge is -2.38. The van der Waals surface area contributed by atoms with Gasteiger partial charge in [-0.25, -0.2) is 4.68 Å². The first-order chi connectivity index (χ1) is 16.3. The highest BCUT2D eigenvalue weighted by molar-refractivity contribution is 7.98. The van der Waals surface area contributed by atoms with Crippen LogP contribution in [0.25, 0.3) is 5.70 Å². The highest BCUT2D eigenvalue weighted by Gasteiger charge is 2.41. The van der Waals surface area contributed by atoms with E-state index in [4.69, 9.17) is 19.6 Å². The molecule has 0 bridgehead atoms. The molecule has 0 saturated carbocycles. The average Bonchev–Trinajstić information content (AvgIpc) is 3.30. The number of thioether (sulfide) groups is 1. The summed E-state index contributed by atoms with van der Waals surface area (Å²) in [5, 5.41) is 9.14. The molecule has 6 nitrogen and oxygen atoms in total. The Morgan fingerprint density at radius 2 is 1.70 bits per heavy atom. The predicted octanol–water partition coefficient (Wildman–Crippen LogP) is 5.57. The Bertz CT molecular complexity index is 1350. The van der Waals surface area contributed by atoms with E-state index in [-0.39, 0.29) is 12.1 Å². The molecular weight excluding hydrogens is 432 g/mol. The van der Waals surface area contributed by atoms with Crippen molar-refractivity contribution in [2.75, 3.05) is 18.7 Å². The zero-order chi connectivity index (χ0) is 22.4. The molecule has 0 unspecified atom stereocenters. The largest absolute Gasteiger partial charge is 0.497 e. The average molecular weight is 455 g/mol. The van der Waals surface area contributed by atoms with Gasteiger partial charge in [-0.3, -0.25) is 0 Å². The first kappa shape index (κ1) is 19.9. The van der Waals surface area contributed by atoms with Gasteiger partial charge in [0.15, 0.2) is 0 Å². The lowest BCUT2D eigenvalue weighted by Crippen LogP contribution is -2.32. The molecule has 1 aromatic heterocycles. The Labute approximate surface area is 196 Å². The summed E-state index contributed by atoms with van der Waals surface area (Å²) in [4.78, 5) is 4.74. The highest BCUT2D eigenvalue weighted by Crippen LogP contribution is 2.50. The number of hydrogen-bond acceptors (Lipinski definition) is 6. The van der Waals surface area contributed by atoms with Crippen LogP contribution < -0.4 is 14.8 Å². The molecule has 1 N–H and O–H groups in total. The molecule has 164 valence electrons. The maximum absolute atomic E-state index is 6.64. The molecule has 2 atom stereocenters. The first-order valence-electron chi connectivity index (χ1n) is 10.7. The fourth-order valence-corrected chi connectivity index (χ4v) is 4.90. The van der Waals surface area contributed by atoms with E-state index in [1.807, 2.05) is 59.5 Å². The minimum Gasteiger partial charge on any atom is -0.497 e. The maximum Gasteiger partial charge on any atom is 0.227 e. The van der Waals surface area contributed by atoms with E-state index in [2.05, 4.69) is 35.6 Å². The van der Waals surface area contributed by atoms with Gasteiger partial charge in [-0.2, -0.15) is 4.98 Å². The summed E-state index contributed by atoms with van der Waals surface area (Å²) >= 11 is 1.53. The van der Waals surface area contributed by atoms with Crippen LogP contribution in [0.15, 0.2) is 89.6 Å². The van der Waals surface area contributed by atoms with E-state index in [1.165, 1.54) is 11.8 Å². The molecule has 0 fully saturated rings. The van der Waals surface area contributed by atoms with Crippen LogP contribution in [0.3, 0.4) is 0 Å². The molecule has 0 saturated heterocycles. The Kier molecular flexibility index (Phi) is 4.84. The maximum atomic E-state index is 6.64. The Hall–Kier alpha value is -3.71. The van der Waals surface area contributed by atoms with Crippen molar-refractivity contribution in [3.63, 3.8) is 0 Å². The number of ether oxygens (including phenoxy) is 2. The number of para-hydroxylation sites is 1. The molecule has 0 radical (unpaired) electrons. The fourth-order valence-electron chi connectivity index (χ4n) is 4.55. The first-order valence-corrected chi connectivity index (χ1v) is 12.0. The number of anilines is 1. The van der Waals surface area contributed by atoms with Crippen LogP contribution in [0.1, 0.15) is 28.8 Å². The fraction of sp³-hybridized carbons (Fsp3) is 0.154. The van der Waals surface area contributed by atoms with Gasteiger partial charge >= 0.3 is 0 Å². The summed E-state index contributed by atoms with van der Waals surface area (Å²) < 4.78 is 14.0. The van der Waals surface area contributed by atoms with Crippen molar-refractivity contribution in [3.05, 3.63) is 101 Å². The highest BCUT2D eigenvalue weighted by atomic mass is 32.2. The summed E-state index contributed by atoms with van der Waals surface area (Å²) in [6.45, 7) is 0. The Morgan fingerprint density at radius 1 is 0.939 bits per heavy atom. The van der Waals surface area contributed by atoms with Gasteiger partial charge in [-0.1, -0.05) is 66.4 Å². The van der Waals surface area contributed by atoms with Crippen molar-refractivity contribution in [1.29, 1.82) is 0 Å². The third kappa shape index (κ3) is 3.27. The van der Waals surface area contributed by atoms with Gasteiger partial charge in [0, 0.05) is 11.1 Å². The van der Waals surface area contributed by atoms with E-state index >= 15 is 0 Å². The lowest BCUT2D eigenvalue weighted by molar-refractivity contribution is 0.223. The van der Waals surface area contributed by atoms with Crippen molar-refractivity contribution >= 4 is 23.4 Å². The number of aromatic nitrogens is 3. The van der Waals surface area contributed by atoms with Crippen LogP contribution >= 0.6 is 11.8 Å². The Balaban J connectivity index is 1.62. The molecule has 0 amide bonds. The summed E-state index contributed by atoms with van der Waals surface area (Å²) in [5.41, 5.74) is 5.34. The summed E-state index contributed by atoms with van der Waals surface area (Å²) in [6, 6.07) is 26.4. The third-order valence-electron chi connectivity index (χ3n) is 6.08. The van der Waals surface area contributed by atoms with Gasteiger partial charge in [0.1, 0.15) is 23.6 Å². The van der Waals surface area contributed by atoms with E-state index in [0.29, 0.717) is 0 Å². The number of benzene rings is 3. The van der Waals surface area contributed by atoms with E-state index in [9.17, 15) is 0 Å². The Morgan fingerprint density at radius 3 is 2.45 bits per heavy atom. The van der Waals surface area contributed by atoms with Crippen molar-refractivity contribution in [2.45, 2.75) is 17.3 Å². The van der Waals surface area contributed by atoms with Crippen LogP contribution in [-0.4, -0.2) is 28.1 Å². The standard InChI is InChI=1S/C26H22N4O2S/c1-31-18-14-12-16(13-15-18)23-21-22(27-25-28-26(33-2)29-30(23)25)19-10-6-7-11-20(19)32-24(21)17-8-4-3-5-9-17/h3-15,23-24H,1-2H3,(H,27,28,29)/t23-,24+/m1/s1. The van der Waals surface area contributed by atoms with Crippen molar-refractivity contribution in [2.24, 2.45) is 0 Å². The van der Waals surface area contributed by atoms with Crippen molar-refractivity contribution in [3.8, 4) is 11.5 Å². The number of nitrogens with zero attached hydrogens (tertiary/aromatic N) is 3. The normalized spacial score (nSPS) is 18.5. The number of fused-ring (bicyclic) bond motifs is 3. The SMILES string of the molecule is COc1ccc([C@@H]2C3=C(Nc4nc(SC)nn42)c2ccccc2O[C@H]3c2ccccc2)cc1. The zero-order valence-electron chi connectivity index (χ0n) is 18.2. The van der Waals surface area contributed by atoms with Crippen molar-refractivity contribution < 1.29 is 9.47 Å². The zero-order valence-corrected chi connectivity index (χ0v) is 19.0. The number of hydrogen-bond donors (Lipinski definition) is 1. The van der Waals surface area contributed by atoms with Gasteiger partial charge in [-0.05, 0) is 41.6 Å². The van der Waals surface area contributed by atoms with Gasteiger partial charge in [0.05, 0.1) is 12.8 Å². The lowest BCUT2D eigenvalue weighted by atomic mass is 9.84. The van der Waals surface area contributed by atoms with Crippen LogP contribution in [0.4, 0.5) is 5.95 Å². The van der Waals surface area contributed by atoms with E-state index in [0.717, 1.165) is 50.6 Å². The summed E-state index contributed by atoms with van der Waals surface area (Å²) in [7, 11) is 1.68. The minimum atomic E-state index is -0.272. The summed E-state index contributed by atoms with van der Waals surface area (Å²) in [6.07, 6.45) is 1.72. The van der Waals surface area contributed by atoms with Gasteiger partial charge in [0.25, 0.3) is 0 Å². The second-order valence-corrected chi connectivity index (χ2v) is 8.68. The minimum absolute atomic E-state index is 0.186. The molecule has 0 spiro atoms. The monoisotopic (exact) mass is 454 g/mol. The van der Waals surface area contributed by atoms with Crippen LogP contribution in [0.2, 0.25) is 0 Å². The number of rotatable bonds is 4. The molecule has 3 aromatic carbocycles. The molecule has 3 heterocycles. The van der Waals surface area contributed by atoms with E-state index in [1.54, 1.807) is 7.11 Å². The molecule has 33 heavy (non-hydrogen) atoms. The molecule has 7 heteroatoms. The molecule has 0 aliphatic carbocycles. The topological polar surface area (TPSA) is 61.2 Å². The molecule has 4 aromatic rings. The number of methoxy groups -OCH3 is 1. The number of nitrogens with one attached hydrogen (secondary N) is 1. The third-order valence-corrected chi connectivity index (χ3v) is 6.61. The summed E-state index contributed by atoms with van der Waals surface area (Å²) in [5.74, 6) is 2.39. The van der Waals surface area contributed by atoms with Crippen LogP contribution in [0, 0.1) is 0 Å².